The summed E-state index contributed by atoms with van der Waals surface area (Å²) in [5.74, 6) is -0.694. The van der Waals surface area contributed by atoms with Crippen LogP contribution < -0.4 is 9.64 Å². The van der Waals surface area contributed by atoms with Gasteiger partial charge in [-0.05, 0) is 43.4 Å². The van der Waals surface area contributed by atoms with Crippen LogP contribution in [0.5, 0.6) is 6.01 Å². The van der Waals surface area contributed by atoms with E-state index in [9.17, 15) is 23.1 Å². The number of carboxylic acid groups (broad SMARTS) is 1. The van der Waals surface area contributed by atoms with E-state index in [2.05, 4.69) is 29.9 Å². The van der Waals surface area contributed by atoms with Gasteiger partial charge in [-0.2, -0.15) is 4.98 Å². The number of ether oxygens (including phenoxy) is 2. The number of aryl methyl sites for hydroxylation is 2. The van der Waals surface area contributed by atoms with Gasteiger partial charge in [-0.15, -0.1) is 18.3 Å². The molecule has 0 spiro atoms. The van der Waals surface area contributed by atoms with Gasteiger partial charge in [0.2, 0.25) is 0 Å². The number of rotatable bonds is 10. The van der Waals surface area contributed by atoms with E-state index < -0.39 is 18.9 Å². The normalized spacial score (nSPS) is 16.0. The van der Waals surface area contributed by atoms with E-state index in [1.165, 1.54) is 16.9 Å². The van der Waals surface area contributed by atoms with Crippen LogP contribution in [-0.2, 0) is 36.2 Å². The molecule has 14 heteroatoms. The van der Waals surface area contributed by atoms with Crippen LogP contribution in [0.25, 0.3) is 11.4 Å². The Bertz CT molecular complexity index is 1270. The summed E-state index contributed by atoms with van der Waals surface area (Å²) < 4.78 is 48.0. The number of alkyl halides is 3. The molecule has 0 radical (unpaired) electrons. The van der Waals surface area contributed by atoms with Gasteiger partial charge in [-0.3, -0.25) is 9.53 Å². The summed E-state index contributed by atoms with van der Waals surface area (Å²) in [6.07, 6.45) is -0.865. The molecule has 1 N–H and O–H groups in total. The van der Waals surface area contributed by atoms with Gasteiger partial charge in [-0.1, -0.05) is 12.1 Å². The first-order chi connectivity index (χ1) is 18.1. The summed E-state index contributed by atoms with van der Waals surface area (Å²) in [6, 6.07) is 5.00. The second-order valence-electron chi connectivity index (χ2n) is 8.93. The van der Waals surface area contributed by atoms with Crippen LogP contribution in [-0.4, -0.2) is 60.5 Å². The minimum absolute atomic E-state index is 0.0174. The van der Waals surface area contributed by atoms with E-state index >= 15 is 0 Å². The highest BCUT2D eigenvalue weighted by molar-refractivity contribution is 5.67. The van der Waals surface area contributed by atoms with Gasteiger partial charge in [-0.25, -0.2) is 14.6 Å². The fourth-order valence-electron chi connectivity index (χ4n) is 4.42. The van der Waals surface area contributed by atoms with Gasteiger partial charge in [0, 0.05) is 32.8 Å². The number of hydrogen-bond acceptors (Lipinski definition) is 9. The molecule has 3 aromatic rings. The second-order valence-corrected chi connectivity index (χ2v) is 8.93. The van der Waals surface area contributed by atoms with Crippen LogP contribution in [0.3, 0.4) is 0 Å². The fraction of sp³-hybridized carbons (Fsp3) is 0.500. The monoisotopic (exact) mass is 535 g/mol. The lowest BCUT2D eigenvalue weighted by Crippen LogP contribution is -2.37. The zero-order valence-corrected chi connectivity index (χ0v) is 21.0. The summed E-state index contributed by atoms with van der Waals surface area (Å²) in [5.41, 5.74) is 3.50. The third-order valence-corrected chi connectivity index (χ3v) is 6.21. The molecule has 38 heavy (non-hydrogen) atoms. The first kappa shape index (κ1) is 27.2. The van der Waals surface area contributed by atoms with Crippen molar-refractivity contribution < 1.29 is 32.5 Å². The average Bonchev–Trinajstić information content (AvgIpc) is 3.25. The number of carboxylic acids is 1. The Labute approximate surface area is 216 Å². The zero-order valence-electron chi connectivity index (χ0n) is 21.0. The Morgan fingerprint density at radius 2 is 2.03 bits per heavy atom. The molecule has 0 saturated carbocycles. The summed E-state index contributed by atoms with van der Waals surface area (Å²) >= 11 is 0. The Morgan fingerprint density at radius 1 is 1.21 bits per heavy atom. The highest BCUT2D eigenvalue weighted by Gasteiger charge is 2.29. The first-order valence-electron chi connectivity index (χ1n) is 12.1. The molecule has 0 aliphatic carbocycles. The van der Waals surface area contributed by atoms with Crippen LogP contribution in [0.2, 0.25) is 0 Å². The molecule has 4 rings (SSSR count). The van der Waals surface area contributed by atoms with Gasteiger partial charge in [0.15, 0.2) is 0 Å². The largest absolute Gasteiger partial charge is 0.522 e. The molecule has 0 amide bonds. The van der Waals surface area contributed by atoms with E-state index in [0.717, 1.165) is 30.8 Å². The van der Waals surface area contributed by atoms with Gasteiger partial charge >= 0.3 is 18.3 Å². The SMILES string of the molecule is CCc1nc(-c2nnn(C)c2COc2nccc(COC(F)(F)F)n2)ccc1N1CCCC(CC(=O)O)C1. The molecule has 204 valence electrons. The molecule has 3 aromatic heterocycles. The minimum Gasteiger partial charge on any atom is -0.481 e. The van der Waals surface area contributed by atoms with Crippen LogP contribution in [0.15, 0.2) is 24.4 Å². The quantitative estimate of drug-likeness (QED) is 0.412. The lowest BCUT2D eigenvalue weighted by molar-refractivity contribution is -0.330. The van der Waals surface area contributed by atoms with Crippen LogP contribution in [0.4, 0.5) is 18.9 Å². The molecule has 1 saturated heterocycles. The number of hydrogen-bond donors (Lipinski definition) is 1. The highest BCUT2D eigenvalue weighted by Crippen LogP contribution is 2.30. The first-order valence-corrected chi connectivity index (χ1v) is 12.1. The van der Waals surface area contributed by atoms with Gasteiger partial charge in [0.05, 0.1) is 29.4 Å². The standard InChI is InChI=1S/C24H28F3N7O4/c1-3-17-19(34-10-4-5-15(12-34)11-21(35)36)7-6-18(30-17)22-20(33(2)32-31-22)14-37-23-28-9-8-16(29-23)13-38-24(25,26)27/h6-9,15H,3-5,10-14H2,1-2H3,(H,35,36). The molecule has 1 fully saturated rings. The molecule has 11 nitrogen and oxygen atoms in total. The van der Waals surface area contributed by atoms with Gasteiger partial charge < -0.3 is 14.7 Å². The van der Waals surface area contributed by atoms with E-state index in [0.29, 0.717) is 30.0 Å². The molecule has 0 aromatic carbocycles. The van der Waals surface area contributed by atoms with Crippen LogP contribution >= 0.6 is 0 Å². The van der Waals surface area contributed by atoms with E-state index in [4.69, 9.17) is 9.72 Å². The Balaban J connectivity index is 1.50. The topological polar surface area (TPSA) is 128 Å². The van der Waals surface area contributed by atoms with Crippen molar-refractivity contribution in [2.75, 3.05) is 18.0 Å². The fourth-order valence-corrected chi connectivity index (χ4v) is 4.42. The summed E-state index contributed by atoms with van der Waals surface area (Å²) in [7, 11) is 1.69. The number of halogens is 3. The molecule has 0 bridgehead atoms. The van der Waals surface area contributed by atoms with Gasteiger partial charge in [0.1, 0.15) is 18.0 Å². The van der Waals surface area contributed by atoms with Crippen molar-refractivity contribution in [1.29, 1.82) is 0 Å². The van der Waals surface area contributed by atoms with E-state index in [1.807, 2.05) is 19.1 Å². The van der Waals surface area contributed by atoms with Gasteiger partial charge in [0.25, 0.3) is 0 Å². The van der Waals surface area contributed by atoms with Crippen molar-refractivity contribution in [2.24, 2.45) is 13.0 Å². The number of aliphatic carboxylic acids is 1. The Morgan fingerprint density at radius 3 is 2.76 bits per heavy atom. The number of aromatic nitrogens is 6. The molecule has 4 heterocycles. The van der Waals surface area contributed by atoms with Crippen molar-refractivity contribution in [2.45, 2.75) is 52.2 Å². The van der Waals surface area contributed by atoms with E-state index in [1.54, 1.807) is 7.05 Å². The summed E-state index contributed by atoms with van der Waals surface area (Å²) in [4.78, 5) is 26.1. The maximum absolute atomic E-state index is 12.3. The number of piperidine rings is 1. The number of carbonyl (C=O) groups is 1. The molecule has 1 aliphatic heterocycles. The molecular weight excluding hydrogens is 507 g/mol. The average molecular weight is 536 g/mol. The smallest absolute Gasteiger partial charge is 0.481 e. The minimum atomic E-state index is -4.77. The van der Waals surface area contributed by atoms with E-state index in [-0.39, 0.29) is 30.7 Å². The maximum atomic E-state index is 12.3. The molecule has 1 atom stereocenters. The Hall–Kier alpha value is -3.81. The van der Waals surface area contributed by atoms with Crippen LogP contribution in [0.1, 0.15) is 43.3 Å². The second kappa shape index (κ2) is 11.7. The third-order valence-electron chi connectivity index (χ3n) is 6.21. The molecular formula is C24H28F3N7O4. The summed E-state index contributed by atoms with van der Waals surface area (Å²) in [6.45, 7) is 2.70. The highest BCUT2D eigenvalue weighted by atomic mass is 19.4. The predicted molar refractivity (Wildman–Crippen MR) is 128 cm³/mol. The number of anilines is 1. The zero-order chi connectivity index (χ0) is 27.3. The number of pyridine rings is 1. The number of nitrogens with zero attached hydrogens (tertiary/aromatic N) is 7. The molecule has 1 aliphatic rings. The van der Waals surface area contributed by atoms with Crippen molar-refractivity contribution in [3.63, 3.8) is 0 Å². The van der Waals surface area contributed by atoms with Crippen molar-refractivity contribution in [1.82, 2.24) is 29.9 Å². The van der Waals surface area contributed by atoms with Crippen molar-refractivity contribution in [3.05, 3.63) is 41.5 Å². The van der Waals surface area contributed by atoms with Crippen LogP contribution in [0, 0.1) is 5.92 Å². The lowest BCUT2D eigenvalue weighted by atomic mass is 9.94. The van der Waals surface area contributed by atoms with Crippen molar-refractivity contribution in [3.8, 4) is 17.4 Å². The Kier molecular flexibility index (Phi) is 8.39. The third kappa shape index (κ3) is 6.94. The summed E-state index contributed by atoms with van der Waals surface area (Å²) in [5, 5.41) is 17.5. The molecule has 1 unspecified atom stereocenters. The van der Waals surface area contributed by atoms with Crippen molar-refractivity contribution >= 4 is 11.7 Å². The lowest BCUT2D eigenvalue weighted by Gasteiger charge is -2.34. The predicted octanol–water partition coefficient (Wildman–Crippen LogP) is 3.54. The maximum Gasteiger partial charge on any atom is 0.522 e.